The second-order valence-electron chi connectivity index (χ2n) is 4.08. The first-order valence-electron chi connectivity index (χ1n) is 5.19. The number of aryl methyl sites for hydroxylation is 3. The molecule has 0 saturated carbocycles. The zero-order valence-electron chi connectivity index (χ0n) is 10.1. The topological polar surface area (TPSA) is 98.3 Å². The summed E-state index contributed by atoms with van der Waals surface area (Å²) >= 11 is 0. The molecule has 2 aromatic heterocycles. The molecular formula is C11H11N3O4. The van der Waals surface area contributed by atoms with Gasteiger partial charge in [0.05, 0.1) is 10.3 Å². The van der Waals surface area contributed by atoms with Crippen LogP contribution in [-0.4, -0.2) is 19.6 Å². The Morgan fingerprint density at radius 3 is 2.61 bits per heavy atom. The maximum absolute atomic E-state index is 11.8. The average Bonchev–Trinajstić information content (AvgIpc) is 2.29. The number of hydrogen-bond acceptors (Lipinski definition) is 5. The maximum Gasteiger partial charge on any atom is 0.375 e. The summed E-state index contributed by atoms with van der Waals surface area (Å²) < 4.78 is 1.07. The number of fused-ring (bicyclic) bond motifs is 1. The molecule has 0 aliphatic heterocycles. The van der Waals surface area contributed by atoms with Gasteiger partial charge in [0.15, 0.2) is 0 Å². The van der Waals surface area contributed by atoms with Gasteiger partial charge in [0.2, 0.25) is 5.75 Å². The van der Waals surface area contributed by atoms with Crippen molar-refractivity contribution >= 4 is 16.7 Å². The number of nitrogens with zero attached hydrogens (tertiary/aromatic N) is 3. The molecule has 0 unspecified atom stereocenters. The Balaban J connectivity index is 3.08. The van der Waals surface area contributed by atoms with E-state index in [1.54, 1.807) is 19.9 Å². The minimum absolute atomic E-state index is 0.201. The highest BCUT2D eigenvalue weighted by Gasteiger charge is 2.25. The lowest BCUT2D eigenvalue weighted by Gasteiger charge is -2.08. The van der Waals surface area contributed by atoms with Crippen LogP contribution in [0.2, 0.25) is 0 Å². The van der Waals surface area contributed by atoms with E-state index in [0.29, 0.717) is 5.69 Å². The van der Waals surface area contributed by atoms with Gasteiger partial charge in [0.1, 0.15) is 5.65 Å². The number of aromatic hydroxyl groups is 1. The van der Waals surface area contributed by atoms with Gasteiger partial charge in [-0.25, -0.2) is 4.98 Å². The van der Waals surface area contributed by atoms with Gasteiger partial charge in [-0.2, -0.15) is 0 Å². The molecule has 2 rings (SSSR count). The molecule has 0 amide bonds. The number of pyridine rings is 2. The van der Waals surface area contributed by atoms with E-state index in [-0.39, 0.29) is 11.0 Å². The lowest BCUT2D eigenvalue weighted by atomic mass is 10.1. The Hall–Kier alpha value is -2.44. The largest absolute Gasteiger partial charge is 0.501 e. The van der Waals surface area contributed by atoms with Crippen LogP contribution in [0, 0.1) is 24.0 Å². The summed E-state index contributed by atoms with van der Waals surface area (Å²) in [6, 6.07) is 1.58. The molecule has 2 heterocycles. The van der Waals surface area contributed by atoms with Gasteiger partial charge in [-0.15, -0.1) is 0 Å². The first kappa shape index (κ1) is 12.0. The van der Waals surface area contributed by atoms with Crippen molar-refractivity contribution in [1.82, 2.24) is 9.55 Å². The van der Waals surface area contributed by atoms with E-state index in [9.17, 15) is 20.0 Å². The predicted octanol–water partition coefficient (Wildman–Crippen LogP) is 1.16. The third-order valence-electron chi connectivity index (χ3n) is 2.93. The SMILES string of the molecule is Cc1cc2c(O)c([N+](=O)[O-])c(=O)n(C)c2nc1C. The number of nitro groups is 1. The molecule has 0 atom stereocenters. The van der Waals surface area contributed by atoms with Crippen molar-refractivity contribution in [2.24, 2.45) is 7.05 Å². The lowest BCUT2D eigenvalue weighted by Crippen LogP contribution is -2.21. The van der Waals surface area contributed by atoms with Gasteiger partial charge in [-0.1, -0.05) is 0 Å². The molecule has 1 N–H and O–H groups in total. The maximum atomic E-state index is 11.8. The average molecular weight is 249 g/mol. The summed E-state index contributed by atoms with van der Waals surface area (Å²) in [5, 5.41) is 20.8. The van der Waals surface area contributed by atoms with Crippen LogP contribution >= 0.6 is 0 Å². The van der Waals surface area contributed by atoms with Gasteiger partial charge in [0.25, 0.3) is 0 Å². The smallest absolute Gasteiger partial charge is 0.375 e. The Bertz CT molecular complexity index is 733. The van der Waals surface area contributed by atoms with Gasteiger partial charge in [0, 0.05) is 12.7 Å². The molecule has 0 spiro atoms. The van der Waals surface area contributed by atoms with E-state index in [2.05, 4.69) is 4.98 Å². The van der Waals surface area contributed by atoms with Crippen LogP contribution in [0.15, 0.2) is 10.9 Å². The summed E-state index contributed by atoms with van der Waals surface area (Å²) in [6.45, 7) is 3.54. The Morgan fingerprint density at radius 2 is 2.06 bits per heavy atom. The molecule has 7 heteroatoms. The van der Waals surface area contributed by atoms with Gasteiger partial charge in [-0.3, -0.25) is 19.5 Å². The molecule has 0 radical (unpaired) electrons. The first-order valence-corrected chi connectivity index (χ1v) is 5.19. The van der Waals surface area contributed by atoms with Crippen molar-refractivity contribution in [1.29, 1.82) is 0 Å². The molecule has 2 aromatic rings. The van der Waals surface area contributed by atoms with Gasteiger partial charge >= 0.3 is 11.2 Å². The minimum Gasteiger partial charge on any atom is -0.501 e. The van der Waals surface area contributed by atoms with E-state index in [4.69, 9.17) is 0 Å². The van der Waals surface area contributed by atoms with Crippen molar-refractivity contribution in [3.05, 3.63) is 37.8 Å². The fraction of sp³-hybridized carbons (Fsp3) is 0.273. The second kappa shape index (κ2) is 3.80. The zero-order chi connectivity index (χ0) is 13.6. The van der Waals surface area contributed by atoms with Crippen molar-refractivity contribution in [2.75, 3.05) is 0 Å². The molecule has 7 nitrogen and oxygen atoms in total. The molecule has 0 aliphatic rings. The van der Waals surface area contributed by atoms with Crippen LogP contribution < -0.4 is 5.56 Å². The number of aromatic nitrogens is 2. The molecule has 0 aliphatic carbocycles. The predicted molar refractivity (Wildman–Crippen MR) is 64.8 cm³/mol. The van der Waals surface area contributed by atoms with Gasteiger partial charge < -0.3 is 5.11 Å². The fourth-order valence-corrected chi connectivity index (χ4v) is 1.77. The molecule has 94 valence electrons. The molecule has 0 bridgehead atoms. The summed E-state index contributed by atoms with van der Waals surface area (Å²) in [6.07, 6.45) is 0. The summed E-state index contributed by atoms with van der Waals surface area (Å²) in [5.74, 6) is -0.631. The van der Waals surface area contributed by atoms with Crippen molar-refractivity contribution in [3.8, 4) is 5.75 Å². The van der Waals surface area contributed by atoms with Gasteiger partial charge in [-0.05, 0) is 25.5 Å². The van der Waals surface area contributed by atoms with E-state index in [0.717, 1.165) is 10.1 Å². The first-order chi connectivity index (χ1) is 8.34. The van der Waals surface area contributed by atoms with E-state index in [1.807, 2.05) is 0 Å². The molecule has 18 heavy (non-hydrogen) atoms. The summed E-state index contributed by atoms with van der Waals surface area (Å²) in [5.41, 5.74) is 0.0125. The quantitative estimate of drug-likeness (QED) is 0.604. The highest BCUT2D eigenvalue weighted by Crippen LogP contribution is 2.30. The lowest BCUT2D eigenvalue weighted by molar-refractivity contribution is -0.387. The molecule has 0 aromatic carbocycles. The molecular weight excluding hydrogens is 238 g/mol. The van der Waals surface area contributed by atoms with Crippen LogP contribution in [0.25, 0.3) is 11.0 Å². The summed E-state index contributed by atoms with van der Waals surface area (Å²) in [7, 11) is 1.39. The Labute approximate surface area is 101 Å². The Kier molecular flexibility index (Phi) is 2.54. The standard InChI is InChI=1S/C11H11N3O4/c1-5-4-7-9(15)8(14(17)18)11(16)13(3)10(7)12-6(5)2/h4,15H,1-3H3. The number of rotatable bonds is 1. The minimum atomic E-state index is -0.883. The van der Waals surface area contributed by atoms with E-state index in [1.165, 1.54) is 7.05 Å². The third-order valence-corrected chi connectivity index (χ3v) is 2.93. The normalized spacial score (nSPS) is 10.8. The van der Waals surface area contributed by atoms with Crippen LogP contribution in [0.1, 0.15) is 11.3 Å². The van der Waals surface area contributed by atoms with E-state index >= 15 is 0 Å². The molecule has 0 fully saturated rings. The third kappa shape index (κ3) is 1.52. The summed E-state index contributed by atoms with van der Waals surface area (Å²) in [4.78, 5) is 25.9. The van der Waals surface area contributed by atoms with Crippen molar-refractivity contribution in [3.63, 3.8) is 0 Å². The van der Waals surface area contributed by atoms with Crippen molar-refractivity contribution < 1.29 is 10.0 Å². The highest BCUT2D eigenvalue weighted by atomic mass is 16.6. The Morgan fingerprint density at radius 1 is 1.44 bits per heavy atom. The fourth-order valence-electron chi connectivity index (χ4n) is 1.77. The molecule has 0 saturated heterocycles. The number of hydrogen-bond donors (Lipinski definition) is 1. The van der Waals surface area contributed by atoms with Crippen LogP contribution in [-0.2, 0) is 7.05 Å². The van der Waals surface area contributed by atoms with Crippen LogP contribution in [0.3, 0.4) is 0 Å². The van der Waals surface area contributed by atoms with Crippen LogP contribution in [0.5, 0.6) is 5.75 Å². The highest BCUT2D eigenvalue weighted by molar-refractivity contribution is 5.86. The van der Waals surface area contributed by atoms with Crippen molar-refractivity contribution in [2.45, 2.75) is 13.8 Å². The van der Waals surface area contributed by atoms with Crippen LogP contribution in [0.4, 0.5) is 5.69 Å². The van der Waals surface area contributed by atoms with E-state index < -0.39 is 21.9 Å². The zero-order valence-corrected chi connectivity index (χ0v) is 10.1. The second-order valence-corrected chi connectivity index (χ2v) is 4.08. The monoisotopic (exact) mass is 249 g/mol.